The number of rotatable bonds is 8. The van der Waals surface area contributed by atoms with Gasteiger partial charge in [0.1, 0.15) is 0 Å². The fraction of sp³-hybridized carbons (Fsp3) is 0.636. The van der Waals surface area contributed by atoms with Crippen LogP contribution in [-0.4, -0.2) is 47.6 Å². The SMILES string of the molecule is CCNC(=O)CCNc1nc(NCC)nc(OC)n1. The van der Waals surface area contributed by atoms with Crippen molar-refractivity contribution >= 4 is 17.8 Å². The van der Waals surface area contributed by atoms with Crippen molar-refractivity contribution in [1.82, 2.24) is 20.3 Å². The summed E-state index contributed by atoms with van der Waals surface area (Å²) in [4.78, 5) is 23.5. The number of carbonyl (C=O) groups is 1. The molecule has 0 bridgehead atoms. The lowest BCUT2D eigenvalue weighted by Crippen LogP contribution is -2.25. The third-order valence-electron chi connectivity index (χ3n) is 2.14. The van der Waals surface area contributed by atoms with Crippen molar-refractivity contribution in [2.45, 2.75) is 20.3 Å². The number of carbonyl (C=O) groups excluding carboxylic acids is 1. The van der Waals surface area contributed by atoms with E-state index in [1.807, 2.05) is 13.8 Å². The molecular formula is C11H20N6O2. The van der Waals surface area contributed by atoms with Crippen LogP contribution in [0.3, 0.4) is 0 Å². The number of aromatic nitrogens is 3. The number of nitrogens with one attached hydrogen (secondary N) is 3. The fourth-order valence-corrected chi connectivity index (χ4v) is 1.34. The Labute approximate surface area is 112 Å². The maximum Gasteiger partial charge on any atom is 0.322 e. The number of anilines is 2. The second-order valence-corrected chi connectivity index (χ2v) is 3.63. The van der Waals surface area contributed by atoms with Gasteiger partial charge in [-0.15, -0.1) is 0 Å². The molecule has 1 heterocycles. The highest BCUT2D eigenvalue weighted by atomic mass is 16.5. The molecule has 0 aliphatic rings. The molecule has 0 saturated carbocycles. The van der Waals surface area contributed by atoms with Crippen LogP contribution < -0.4 is 20.7 Å². The van der Waals surface area contributed by atoms with E-state index in [1.54, 1.807) is 0 Å². The summed E-state index contributed by atoms with van der Waals surface area (Å²) in [7, 11) is 1.49. The lowest BCUT2D eigenvalue weighted by atomic mass is 10.4. The van der Waals surface area contributed by atoms with E-state index in [2.05, 4.69) is 30.9 Å². The second kappa shape index (κ2) is 8.06. The van der Waals surface area contributed by atoms with E-state index >= 15 is 0 Å². The molecule has 1 rings (SSSR count). The highest BCUT2D eigenvalue weighted by Gasteiger charge is 2.06. The Hall–Kier alpha value is -2.12. The Morgan fingerprint density at radius 3 is 2.37 bits per heavy atom. The topological polar surface area (TPSA) is 101 Å². The molecule has 19 heavy (non-hydrogen) atoms. The van der Waals surface area contributed by atoms with Gasteiger partial charge in [-0.1, -0.05) is 0 Å². The zero-order valence-electron chi connectivity index (χ0n) is 11.5. The molecule has 106 valence electrons. The predicted octanol–water partition coefficient (Wildman–Crippen LogP) is 0.250. The summed E-state index contributed by atoms with van der Waals surface area (Å²) in [5.74, 6) is 0.810. The summed E-state index contributed by atoms with van der Waals surface area (Å²) in [6.45, 7) is 5.60. The molecule has 0 unspecified atom stereocenters. The molecule has 0 saturated heterocycles. The van der Waals surface area contributed by atoms with Crippen LogP contribution in [0, 0.1) is 0 Å². The van der Waals surface area contributed by atoms with E-state index in [4.69, 9.17) is 4.74 Å². The summed E-state index contributed by atoms with van der Waals surface area (Å²) in [5.41, 5.74) is 0. The first-order chi connectivity index (χ1) is 9.19. The van der Waals surface area contributed by atoms with Gasteiger partial charge in [-0.05, 0) is 13.8 Å². The number of ether oxygens (including phenoxy) is 1. The molecule has 1 aromatic heterocycles. The molecule has 0 spiro atoms. The quantitative estimate of drug-likeness (QED) is 0.621. The standard InChI is InChI=1S/C11H20N6O2/c1-4-12-8(18)6-7-14-10-15-9(13-5-2)16-11(17-10)19-3/h4-7H2,1-3H3,(H,12,18)(H2,13,14,15,16,17). The lowest BCUT2D eigenvalue weighted by molar-refractivity contribution is -0.120. The zero-order valence-corrected chi connectivity index (χ0v) is 11.5. The van der Waals surface area contributed by atoms with Gasteiger partial charge in [-0.3, -0.25) is 4.79 Å². The Bertz CT molecular complexity index is 412. The van der Waals surface area contributed by atoms with Crippen LogP contribution >= 0.6 is 0 Å². The summed E-state index contributed by atoms with van der Waals surface area (Å²) in [6.07, 6.45) is 0.360. The van der Waals surface area contributed by atoms with Crippen LogP contribution in [0.15, 0.2) is 0 Å². The highest BCUT2D eigenvalue weighted by molar-refractivity contribution is 5.76. The third kappa shape index (κ3) is 5.36. The first-order valence-electron chi connectivity index (χ1n) is 6.24. The Kier molecular flexibility index (Phi) is 6.34. The summed E-state index contributed by atoms with van der Waals surface area (Å²) >= 11 is 0. The lowest BCUT2D eigenvalue weighted by Gasteiger charge is -2.08. The number of hydrogen-bond donors (Lipinski definition) is 3. The number of amides is 1. The van der Waals surface area contributed by atoms with Crippen molar-refractivity contribution in [2.24, 2.45) is 0 Å². The second-order valence-electron chi connectivity index (χ2n) is 3.63. The zero-order chi connectivity index (χ0) is 14.1. The molecule has 1 amide bonds. The van der Waals surface area contributed by atoms with Crippen LogP contribution in [0.25, 0.3) is 0 Å². The van der Waals surface area contributed by atoms with Gasteiger partial charge in [-0.25, -0.2) is 0 Å². The normalized spacial score (nSPS) is 9.84. The van der Waals surface area contributed by atoms with Gasteiger partial charge in [0, 0.05) is 26.1 Å². The maximum absolute atomic E-state index is 11.3. The van der Waals surface area contributed by atoms with Crippen molar-refractivity contribution in [1.29, 1.82) is 0 Å². The molecule has 0 radical (unpaired) electrons. The van der Waals surface area contributed by atoms with Crippen LogP contribution in [0.2, 0.25) is 0 Å². The van der Waals surface area contributed by atoms with E-state index in [1.165, 1.54) is 7.11 Å². The van der Waals surface area contributed by atoms with Crippen molar-refractivity contribution in [3.05, 3.63) is 0 Å². The van der Waals surface area contributed by atoms with Crippen molar-refractivity contribution in [3.8, 4) is 6.01 Å². The molecule has 8 nitrogen and oxygen atoms in total. The number of methoxy groups -OCH3 is 1. The minimum atomic E-state index is -0.0112. The monoisotopic (exact) mass is 268 g/mol. The molecule has 0 aromatic carbocycles. The highest BCUT2D eigenvalue weighted by Crippen LogP contribution is 2.10. The third-order valence-corrected chi connectivity index (χ3v) is 2.14. The molecule has 0 aliphatic carbocycles. The molecular weight excluding hydrogens is 248 g/mol. The van der Waals surface area contributed by atoms with Crippen molar-refractivity contribution < 1.29 is 9.53 Å². The first-order valence-corrected chi connectivity index (χ1v) is 6.24. The maximum atomic E-state index is 11.3. The average molecular weight is 268 g/mol. The fourth-order valence-electron chi connectivity index (χ4n) is 1.34. The van der Waals surface area contributed by atoms with Gasteiger partial charge in [0.15, 0.2) is 0 Å². The predicted molar refractivity (Wildman–Crippen MR) is 72.3 cm³/mol. The first kappa shape index (κ1) is 14.9. The minimum absolute atomic E-state index is 0.0112. The van der Waals surface area contributed by atoms with E-state index in [9.17, 15) is 4.79 Å². The van der Waals surface area contributed by atoms with E-state index in [-0.39, 0.29) is 11.9 Å². The summed E-state index contributed by atoms with van der Waals surface area (Å²) in [6, 6.07) is 0.228. The van der Waals surface area contributed by atoms with Crippen LogP contribution in [0.1, 0.15) is 20.3 Å². The Balaban J connectivity index is 2.56. The van der Waals surface area contributed by atoms with E-state index in [0.717, 1.165) is 0 Å². The largest absolute Gasteiger partial charge is 0.467 e. The van der Waals surface area contributed by atoms with Crippen LogP contribution in [-0.2, 0) is 4.79 Å². The number of hydrogen-bond acceptors (Lipinski definition) is 7. The smallest absolute Gasteiger partial charge is 0.322 e. The molecule has 8 heteroatoms. The Morgan fingerprint density at radius 1 is 1.11 bits per heavy atom. The van der Waals surface area contributed by atoms with Crippen LogP contribution in [0.4, 0.5) is 11.9 Å². The van der Waals surface area contributed by atoms with Gasteiger partial charge in [0.05, 0.1) is 7.11 Å². The average Bonchev–Trinajstić information content (AvgIpc) is 2.39. The van der Waals surface area contributed by atoms with E-state index in [0.29, 0.717) is 38.0 Å². The van der Waals surface area contributed by atoms with Gasteiger partial charge in [0.2, 0.25) is 17.8 Å². The molecule has 0 atom stereocenters. The van der Waals surface area contributed by atoms with Crippen molar-refractivity contribution in [2.75, 3.05) is 37.4 Å². The minimum Gasteiger partial charge on any atom is -0.467 e. The molecule has 1 aromatic rings. The van der Waals surface area contributed by atoms with Gasteiger partial charge in [-0.2, -0.15) is 15.0 Å². The summed E-state index contributed by atoms with van der Waals surface area (Å²) < 4.78 is 4.99. The van der Waals surface area contributed by atoms with Gasteiger partial charge in [0.25, 0.3) is 0 Å². The number of nitrogens with zero attached hydrogens (tertiary/aromatic N) is 3. The molecule has 0 fully saturated rings. The van der Waals surface area contributed by atoms with Gasteiger partial charge >= 0.3 is 6.01 Å². The van der Waals surface area contributed by atoms with Crippen molar-refractivity contribution in [3.63, 3.8) is 0 Å². The van der Waals surface area contributed by atoms with Crippen LogP contribution in [0.5, 0.6) is 6.01 Å². The van der Waals surface area contributed by atoms with Gasteiger partial charge < -0.3 is 20.7 Å². The molecule has 3 N–H and O–H groups in total. The summed E-state index contributed by atoms with van der Waals surface area (Å²) in [5, 5.41) is 8.66. The Morgan fingerprint density at radius 2 is 1.79 bits per heavy atom. The molecule has 0 aliphatic heterocycles. The van der Waals surface area contributed by atoms with E-state index < -0.39 is 0 Å².